The topological polar surface area (TPSA) is 90.0 Å². The summed E-state index contributed by atoms with van der Waals surface area (Å²) >= 11 is 0. The van der Waals surface area contributed by atoms with Gasteiger partial charge in [-0.1, -0.05) is 6.07 Å². The first-order valence-corrected chi connectivity index (χ1v) is 5.32. The fourth-order valence-corrected chi connectivity index (χ4v) is 1.50. The second-order valence-corrected chi connectivity index (χ2v) is 3.68. The lowest BCUT2D eigenvalue weighted by Crippen LogP contribution is -2.30. The van der Waals surface area contributed by atoms with Crippen LogP contribution in [0.2, 0.25) is 0 Å². The van der Waals surface area contributed by atoms with Gasteiger partial charge in [-0.3, -0.25) is 20.0 Å². The molecule has 0 aromatic carbocycles. The van der Waals surface area contributed by atoms with Gasteiger partial charge in [0, 0.05) is 18.5 Å². The molecule has 2 aromatic rings. The molecule has 0 atom stereocenters. The minimum absolute atomic E-state index is 0.0944. The summed E-state index contributed by atoms with van der Waals surface area (Å²) in [5.74, 6) is 4.62. The molecule has 0 bridgehead atoms. The number of nitrogens with zero attached hydrogens (tertiary/aromatic N) is 2. The third-order valence-electron chi connectivity index (χ3n) is 2.45. The van der Waals surface area contributed by atoms with Crippen LogP contribution in [-0.2, 0) is 6.54 Å². The quantitative estimate of drug-likeness (QED) is 0.448. The molecule has 3 N–H and O–H groups in total. The monoisotopic (exact) mass is 244 g/mol. The van der Waals surface area contributed by atoms with E-state index in [1.807, 2.05) is 5.43 Å². The van der Waals surface area contributed by atoms with Crippen molar-refractivity contribution >= 4 is 5.91 Å². The molecule has 0 spiro atoms. The summed E-state index contributed by atoms with van der Waals surface area (Å²) in [5, 5.41) is 0. The van der Waals surface area contributed by atoms with Crippen molar-refractivity contribution in [3.63, 3.8) is 0 Å². The van der Waals surface area contributed by atoms with Gasteiger partial charge < -0.3 is 4.57 Å². The molecule has 0 saturated carbocycles. The number of hydrogen-bond acceptors (Lipinski definition) is 4. The van der Waals surface area contributed by atoms with Gasteiger partial charge in [-0.25, -0.2) is 5.84 Å². The summed E-state index contributed by atoms with van der Waals surface area (Å²) in [6.07, 6.45) is 3.11. The van der Waals surface area contributed by atoms with Gasteiger partial charge in [0.15, 0.2) is 0 Å². The Morgan fingerprint density at radius 1 is 1.33 bits per heavy atom. The summed E-state index contributed by atoms with van der Waals surface area (Å²) < 4.78 is 1.53. The van der Waals surface area contributed by atoms with E-state index in [0.29, 0.717) is 17.8 Å². The summed E-state index contributed by atoms with van der Waals surface area (Å²) in [4.78, 5) is 26.8. The summed E-state index contributed by atoms with van der Waals surface area (Å²) in [5.41, 5.74) is 3.00. The van der Waals surface area contributed by atoms with E-state index < -0.39 is 5.91 Å². The molecule has 0 fully saturated rings. The molecule has 92 valence electrons. The zero-order chi connectivity index (χ0) is 13.0. The number of pyridine rings is 2. The van der Waals surface area contributed by atoms with Crippen molar-refractivity contribution in [2.24, 2.45) is 5.84 Å². The first-order valence-electron chi connectivity index (χ1n) is 5.32. The standard InChI is InChI=1S/C12H12N4O2/c13-15-12(18)9-4-5-10(14-7-9)8-16-6-2-1-3-11(16)17/h1-7H,8,13H2,(H,15,18). The molecule has 0 radical (unpaired) electrons. The molecular weight excluding hydrogens is 232 g/mol. The maximum Gasteiger partial charge on any atom is 0.266 e. The third-order valence-corrected chi connectivity index (χ3v) is 2.45. The Morgan fingerprint density at radius 3 is 2.78 bits per heavy atom. The van der Waals surface area contributed by atoms with Gasteiger partial charge in [0.1, 0.15) is 0 Å². The molecular formula is C12H12N4O2. The van der Waals surface area contributed by atoms with E-state index in [-0.39, 0.29) is 5.56 Å². The van der Waals surface area contributed by atoms with E-state index in [9.17, 15) is 9.59 Å². The normalized spacial score (nSPS) is 10.1. The fraction of sp³-hybridized carbons (Fsp3) is 0.0833. The number of hydrogen-bond donors (Lipinski definition) is 2. The van der Waals surface area contributed by atoms with Crippen LogP contribution < -0.4 is 16.8 Å². The van der Waals surface area contributed by atoms with Crippen molar-refractivity contribution in [1.82, 2.24) is 15.0 Å². The van der Waals surface area contributed by atoms with E-state index in [1.165, 1.54) is 16.8 Å². The highest BCUT2D eigenvalue weighted by molar-refractivity contribution is 5.93. The molecule has 0 aliphatic heterocycles. The number of nitrogen functional groups attached to an aromatic ring is 1. The molecule has 1 amide bonds. The van der Waals surface area contributed by atoms with E-state index in [2.05, 4.69) is 4.98 Å². The number of hydrazine groups is 1. The highest BCUT2D eigenvalue weighted by atomic mass is 16.2. The number of carbonyl (C=O) groups is 1. The van der Waals surface area contributed by atoms with Crippen molar-refractivity contribution in [2.45, 2.75) is 6.54 Å². The van der Waals surface area contributed by atoms with Gasteiger partial charge in [0.25, 0.3) is 11.5 Å². The van der Waals surface area contributed by atoms with Crippen LogP contribution in [-0.4, -0.2) is 15.5 Å². The SMILES string of the molecule is NNC(=O)c1ccc(Cn2ccccc2=O)nc1. The van der Waals surface area contributed by atoms with Crippen molar-refractivity contribution in [2.75, 3.05) is 0 Å². The first kappa shape index (κ1) is 12.0. The van der Waals surface area contributed by atoms with E-state index in [0.717, 1.165) is 0 Å². The van der Waals surface area contributed by atoms with E-state index >= 15 is 0 Å². The van der Waals surface area contributed by atoms with Crippen LogP contribution in [0.4, 0.5) is 0 Å². The predicted octanol–water partition coefficient (Wildman–Crippen LogP) is -0.105. The Labute approximate surface area is 103 Å². The zero-order valence-electron chi connectivity index (χ0n) is 9.54. The van der Waals surface area contributed by atoms with Crippen molar-refractivity contribution in [3.05, 3.63) is 64.3 Å². The molecule has 2 heterocycles. The largest absolute Gasteiger partial charge is 0.310 e. The lowest BCUT2D eigenvalue weighted by atomic mass is 10.2. The van der Waals surface area contributed by atoms with Gasteiger partial charge >= 0.3 is 0 Å². The number of amides is 1. The van der Waals surface area contributed by atoms with Crippen LogP contribution in [0.25, 0.3) is 0 Å². The molecule has 0 unspecified atom stereocenters. The molecule has 18 heavy (non-hydrogen) atoms. The number of nitrogens with two attached hydrogens (primary N) is 1. The number of rotatable bonds is 3. The predicted molar refractivity (Wildman–Crippen MR) is 65.7 cm³/mol. The van der Waals surface area contributed by atoms with Crippen LogP contribution in [0.1, 0.15) is 16.1 Å². The van der Waals surface area contributed by atoms with Crippen LogP contribution in [0.15, 0.2) is 47.5 Å². The van der Waals surface area contributed by atoms with Gasteiger partial charge in [0.05, 0.1) is 17.8 Å². The average Bonchev–Trinajstić information content (AvgIpc) is 2.41. The van der Waals surface area contributed by atoms with Crippen LogP contribution in [0.5, 0.6) is 0 Å². The number of aromatic nitrogens is 2. The number of nitrogens with one attached hydrogen (secondary N) is 1. The Kier molecular flexibility index (Phi) is 3.49. The van der Waals surface area contributed by atoms with E-state index in [4.69, 9.17) is 5.84 Å². The minimum Gasteiger partial charge on any atom is -0.310 e. The maximum atomic E-state index is 11.5. The average molecular weight is 244 g/mol. The van der Waals surface area contributed by atoms with Gasteiger partial charge in [-0.15, -0.1) is 0 Å². The lowest BCUT2D eigenvalue weighted by Gasteiger charge is -2.05. The molecule has 0 aliphatic carbocycles. The zero-order valence-corrected chi connectivity index (χ0v) is 9.54. The fourth-order valence-electron chi connectivity index (χ4n) is 1.50. The Balaban J connectivity index is 2.19. The molecule has 0 saturated heterocycles. The Morgan fingerprint density at radius 2 is 2.17 bits per heavy atom. The van der Waals surface area contributed by atoms with Crippen LogP contribution in [0.3, 0.4) is 0 Å². The van der Waals surface area contributed by atoms with E-state index in [1.54, 1.807) is 30.5 Å². The summed E-state index contributed by atoms with van der Waals surface area (Å²) in [6, 6.07) is 8.23. The van der Waals surface area contributed by atoms with Crippen molar-refractivity contribution in [1.29, 1.82) is 0 Å². The summed E-state index contributed by atoms with van der Waals surface area (Å²) in [6.45, 7) is 0.365. The maximum absolute atomic E-state index is 11.5. The van der Waals surface area contributed by atoms with Crippen LogP contribution in [0, 0.1) is 0 Å². The minimum atomic E-state index is -0.397. The molecule has 0 aliphatic rings. The molecule has 2 aromatic heterocycles. The molecule has 2 rings (SSSR count). The molecule has 6 heteroatoms. The lowest BCUT2D eigenvalue weighted by molar-refractivity contribution is 0.0953. The van der Waals surface area contributed by atoms with Crippen molar-refractivity contribution in [3.8, 4) is 0 Å². The Hall–Kier alpha value is -2.47. The molecule has 6 nitrogen and oxygen atoms in total. The smallest absolute Gasteiger partial charge is 0.266 e. The highest BCUT2D eigenvalue weighted by Gasteiger charge is 2.04. The van der Waals surface area contributed by atoms with Gasteiger partial charge in [-0.2, -0.15) is 0 Å². The van der Waals surface area contributed by atoms with Crippen LogP contribution >= 0.6 is 0 Å². The van der Waals surface area contributed by atoms with Crippen molar-refractivity contribution < 1.29 is 4.79 Å². The Bertz CT molecular complexity index is 604. The highest BCUT2D eigenvalue weighted by Crippen LogP contribution is 2.01. The van der Waals surface area contributed by atoms with Gasteiger partial charge in [-0.05, 0) is 18.2 Å². The second-order valence-electron chi connectivity index (χ2n) is 3.68. The van der Waals surface area contributed by atoms with Gasteiger partial charge in [0.2, 0.25) is 0 Å². The summed E-state index contributed by atoms with van der Waals surface area (Å²) in [7, 11) is 0. The third kappa shape index (κ3) is 2.61. The number of carbonyl (C=O) groups excluding carboxylic acids is 1. The second kappa shape index (κ2) is 5.24. The first-order chi connectivity index (χ1) is 8.70.